The van der Waals surface area contributed by atoms with Crippen LogP contribution in [0.1, 0.15) is 23.2 Å². The molecule has 5 N–H and O–H groups in total. The van der Waals surface area contributed by atoms with Crippen molar-refractivity contribution in [2.45, 2.75) is 17.0 Å². The Morgan fingerprint density at radius 2 is 1.41 bits per heavy atom. The summed E-state index contributed by atoms with van der Waals surface area (Å²) in [6.07, 6.45) is 0. The highest BCUT2D eigenvalue weighted by atomic mass is 32.3. The Bertz CT molecular complexity index is 1270. The molecule has 198 valence electrons. The Kier molecular flexibility index (Phi) is 7.46. The molecular formula is C27H31F4N5S. The number of halogens is 4. The molecular weight excluding hydrogens is 502 g/mol. The molecule has 0 bridgehead atoms. The summed E-state index contributed by atoms with van der Waals surface area (Å²) in [6.45, 7) is 3.55. The van der Waals surface area contributed by atoms with E-state index in [9.17, 15) is 17.6 Å². The van der Waals surface area contributed by atoms with E-state index in [1.807, 2.05) is 18.2 Å². The van der Waals surface area contributed by atoms with Crippen LogP contribution in [0.25, 0.3) is 0 Å². The zero-order chi connectivity index (χ0) is 26.2. The fourth-order valence-corrected chi connectivity index (χ4v) is 9.79. The molecule has 5 rings (SSSR count). The first-order valence-corrected chi connectivity index (χ1v) is 14.2. The predicted molar refractivity (Wildman–Crippen MR) is 140 cm³/mol. The molecule has 0 amide bonds. The number of hydrogen-bond donors (Lipinski definition) is 3. The maximum absolute atomic E-state index is 14.7. The molecule has 10 heteroatoms. The predicted octanol–water partition coefficient (Wildman–Crippen LogP) is 4.40. The molecule has 3 atom stereocenters. The van der Waals surface area contributed by atoms with E-state index in [1.165, 1.54) is 24.3 Å². The number of anilines is 1. The molecule has 0 aromatic heterocycles. The van der Waals surface area contributed by atoms with Gasteiger partial charge in [-0.2, -0.15) is 0 Å². The second-order valence-electron chi connectivity index (χ2n) is 9.55. The van der Waals surface area contributed by atoms with E-state index < -0.39 is 45.6 Å². The lowest BCUT2D eigenvalue weighted by Gasteiger charge is -2.49. The highest BCUT2D eigenvalue weighted by Gasteiger charge is 2.44. The van der Waals surface area contributed by atoms with E-state index in [1.54, 1.807) is 0 Å². The number of para-hydroxylation sites is 1. The van der Waals surface area contributed by atoms with Crippen LogP contribution in [0.4, 0.5) is 23.2 Å². The van der Waals surface area contributed by atoms with Crippen LogP contribution in [-0.4, -0.2) is 48.7 Å². The van der Waals surface area contributed by atoms with Crippen LogP contribution < -0.4 is 21.7 Å². The van der Waals surface area contributed by atoms with E-state index in [2.05, 4.69) is 20.6 Å². The number of benzene rings is 3. The molecule has 0 aliphatic carbocycles. The zero-order valence-corrected chi connectivity index (χ0v) is 21.2. The van der Waals surface area contributed by atoms with Crippen LogP contribution in [0, 0.1) is 23.3 Å². The summed E-state index contributed by atoms with van der Waals surface area (Å²) in [5, 5.41) is 3.39. The van der Waals surface area contributed by atoms with Gasteiger partial charge in [-0.25, -0.2) is 17.6 Å². The van der Waals surface area contributed by atoms with Gasteiger partial charge in [0.1, 0.15) is 23.3 Å². The maximum Gasteiger partial charge on any atom is 0.130 e. The van der Waals surface area contributed by atoms with Crippen LogP contribution >= 0.6 is 10.2 Å². The molecule has 37 heavy (non-hydrogen) atoms. The number of fused-ring (bicyclic) bond motifs is 1. The highest BCUT2D eigenvalue weighted by Crippen LogP contribution is 2.67. The summed E-state index contributed by atoms with van der Waals surface area (Å²) in [5.74, 6) is -1.54. The average Bonchev–Trinajstić information content (AvgIpc) is 3.18. The van der Waals surface area contributed by atoms with Crippen LogP contribution in [-0.2, 0) is 0 Å². The lowest BCUT2D eigenvalue weighted by Crippen LogP contribution is -2.47. The van der Waals surface area contributed by atoms with Crippen molar-refractivity contribution in [2.24, 2.45) is 11.5 Å². The fourth-order valence-electron chi connectivity index (χ4n) is 5.38. The number of piperazine rings is 1. The van der Waals surface area contributed by atoms with Gasteiger partial charge in [-0.15, -0.1) is 10.2 Å². The first-order chi connectivity index (χ1) is 17.8. The zero-order valence-electron chi connectivity index (χ0n) is 20.3. The van der Waals surface area contributed by atoms with Gasteiger partial charge in [-0.1, -0.05) is 24.3 Å². The summed E-state index contributed by atoms with van der Waals surface area (Å²) in [7, 11) is -1.77. The minimum absolute atomic E-state index is 0.249. The minimum Gasteiger partial charge on any atom is -0.359 e. The van der Waals surface area contributed by atoms with Crippen molar-refractivity contribution in [3.8, 4) is 0 Å². The Hall–Kier alpha value is -2.63. The number of hydrogen-bond acceptors (Lipinski definition) is 5. The van der Waals surface area contributed by atoms with Gasteiger partial charge in [0.25, 0.3) is 0 Å². The third kappa shape index (κ3) is 5.08. The third-order valence-electron chi connectivity index (χ3n) is 7.15. The van der Waals surface area contributed by atoms with Gasteiger partial charge in [0, 0.05) is 72.7 Å². The van der Waals surface area contributed by atoms with Gasteiger partial charge in [-0.05, 0) is 24.3 Å². The van der Waals surface area contributed by atoms with Crippen molar-refractivity contribution < 1.29 is 17.6 Å². The minimum atomic E-state index is -1.77. The quantitative estimate of drug-likeness (QED) is 0.393. The monoisotopic (exact) mass is 533 g/mol. The van der Waals surface area contributed by atoms with Gasteiger partial charge >= 0.3 is 0 Å². The molecule has 1 fully saturated rings. The van der Waals surface area contributed by atoms with Crippen molar-refractivity contribution in [1.82, 2.24) is 9.62 Å². The van der Waals surface area contributed by atoms with Crippen LogP contribution in [0.3, 0.4) is 0 Å². The summed E-state index contributed by atoms with van der Waals surface area (Å²) < 4.78 is 58.7. The van der Waals surface area contributed by atoms with Gasteiger partial charge in [0.2, 0.25) is 0 Å². The molecule has 2 heterocycles. The van der Waals surface area contributed by atoms with Gasteiger partial charge in [-0.3, -0.25) is 4.31 Å². The summed E-state index contributed by atoms with van der Waals surface area (Å²) in [5.41, 5.74) is 14.6. The Labute approximate surface area is 215 Å². The van der Waals surface area contributed by atoms with E-state index >= 15 is 0 Å². The summed E-state index contributed by atoms with van der Waals surface area (Å²) in [4.78, 5) is 3.27. The molecule has 5 nitrogen and oxygen atoms in total. The SMILES string of the molecule is NC(CN1CS(CC(N)c2ccc(F)cc2F)(N2CCNCC2)c2ccccc21)c1ccc(F)cc1F. The van der Waals surface area contributed by atoms with Crippen LogP contribution in [0.2, 0.25) is 0 Å². The number of nitrogens with zero attached hydrogens (tertiary/aromatic N) is 2. The molecule has 0 radical (unpaired) electrons. The maximum atomic E-state index is 14.7. The number of nitrogens with two attached hydrogens (primary N) is 2. The van der Waals surface area contributed by atoms with Gasteiger partial charge in [0.05, 0.1) is 17.6 Å². The van der Waals surface area contributed by atoms with Crippen molar-refractivity contribution in [1.29, 1.82) is 0 Å². The topological polar surface area (TPSA) is 70.5 Å². The lowest BCUT2D eigenvalue weighted by atomic mass is 10.1. The molecule has 3 aromatic rings. The second kappa shape index (κ2) is 10.6. The average molecular weight is 534 g/mol. The second-order valence-corrected chi connectivity index (χ2v) is 12.8. The van der Waals surface area contributed by atoms with E-state index in [-0.39, 0.29) is 11.1 Å². The molecule has 1 saturated heterocycles. The summed E-state index contributed by atoms with van der Waals surface area (Å²) in [6, 6.07) is 13.7. The highest BCUT2D eigenvalue weighted by molar-refractivity contribution is 8.32. The number of nitrogens with one attached hydrogen (secondary N) is 1. The Balaban J connectivity index is 1.51. The Morgan fingerprint density at radius 3 is 2.03 bits per heavy atom. The van der Waals surface area contributed by atoms with Crippen molar-refractivity contribution in [2.75, 3.05) is 49.3 Å². The van der Waals surface area contributed by atoms with Crippen LogP contribution in [0.15, 0.2) is 65.6 Å². The molecule has 2 aliphatic heterocycles. The van der Waals surface area contributed by atoms with Gasteiger partial charge in [0.15, 0.2) is 0 Å². The normalized spacial score (nSPS) is 23.4. The first kappa shape index (κ1) is 26.0. The smallest absolute Gasteiger partial charge is 0.130 e. The van der Waals surface area contributed by atoms with E-state index in [0.717, 1.165) is 48.9 Å². The summed E-state index contributed by atoms with van der Waals surface area (Å²) >= 11 is 0. The largest absolute Gasteiger partial charge is 0.359 e. The van der Waals surface area contributed by atoms with Gasteiger partial charge < -0.3 is 21.7 Å². The molecule has 0 spiro atoms. The first-order valence-electron chi connectivity index (χ1n) is 12.3. The third-order valence-corrected chi connectivity index (χ3v) is 11.3. The van der Waals surface area contributed by atoms with E-state index in [4.69, 9.17) is 11.5 Å². The molecule has 0 saturated carbocycles. The Morgan fingerprint density at radius 1 is 0.811 bits per heavy atom. The van der Waals surface area contributed by atoms with Crippen LogP contribution in [0.5, 0.6) is 0 Å². The number of rotatable bonds is 7. The molecule has 3 unspecified atom stereocenters. The van der Waals surface area contributed by atoms with Crippen molar-refractivity contribution in [3.63, 3.8) is 0 Å². The molecule has 2 aliphatic rings. The van der Waals surface area contributed by atoms with Crippen molar-refractivity contribution in [3.05, 3.63) is 95.1 Å². The molecule has 3 aromatic carbocycles. The lowest BCUT2D eigenvalue weighted by molar-refractivity contribution is 0.385. The van der Waals surface area contributed by atoms with Crippen molar-refractivity contribution >= 4 is 15.9 Å². The van der Waals surface area contributed by atoms with E-state index in [0.29, 0.717) is 18.2 Å². The fraction of sp³-hybridized carbons (Fsp3) is 0.333. The standard InChI is InChI=1S/C27H31F4N5S/c28-18-5-7-20(22(30)13-18)24(32)15-35-17-37(36-11-9-34-10-12-36,27-4-2-1-3-26(27)35)16-25(33)21-8-6-19(29)14-23(21)31/h1-8,13-14,24-25,34H,9-12,15-17,32-33H2.